The van der Waals surface area contributed by atoms with Crippen LogP contribution in [0.1, 0.15) is 5.69 Å². The molecule has 0 N–H and O–H groups in total. The molecular weight excluding hydrogens is 354 g/mol. The van der Waals surface area contributed by atoms with Gasteiger partial charge in [0.25, 0.3) is 0 Å². The maximum Gasteiger partial charge on any atom is 0.163 e. The molecule has 0 spiro atoms. The van der Waals surface area contributed by atoms with Gasteiger partial charge in [0.1, 0.15) is 5.75 Å². The van der Waals surface area contributed by atoms with Crippen LogP contribution in [0.3, 0.4) is 0 Å². The second-order valence-corrected chi connectivity index (χ2v) is 6.37. The first-order chi connectivity index (χ1) is 13.6. The molecule has 0 aliphatic heterocycles. The fraction of sp³-hybridized carbons (Fsp3) is 0.182. The first kappa shape index (κ1) is 17.9. The van der Waals surface area contributed by atoms with E-state index in [-0.39, 0.29) is 0 Å². The van der Waals surface area contributed by atoms with Gasteiger partial charge in [-0.1, -0.05) is 6.07 Å². The predicted octanol–water partition coefficient (Wildman–Crippen LogP) is 4.40. The summed E-state index contributed by atoms with van der Waals surface area (Å²) in [6.07, 6.45) is 1.83. The standard InChI is InChI=1S/C22H21N3O3/c1-14-11-19(15-5-8-17(26-2)9-6-15)25-22(24-14)18(13-23-25)16-7-10-20(27-3)21(12-16)28-4/h5-13H,1-4H3. The largest absolute Gasteiger partial charge is 0.497 e. The molecule has 2 aromatic carbocycles. The van der Waals surface area contributed by atoms with Crippen molar-refractivity contribution in [3.8, 4) is 39.6 Å². The van der Waals surface area contributed by atoms with Crippen molar-refractivity contribution in [1.29, 1.82) is 0 Å². The lowest BCUT2D eigenvalue weighted by molar-refractivity contribution is 0.355. The molecule has 0 aliphatic rings. The van der Waals surface area contributed by atoms with Gasteiger partial charge in [-0.3, -0.25) is 0 Å². The van der Waals surface area contributed by atoms with Gasteiger partial charge < -0.3 is 14.2 Å². The Morgan fingerprint density at radius 1 is 0.786 bits per heavy atom. The molecule has 142 valence electrons. The monoisotopic (exact) mass is 375 g/mol. The van der Waals surface area contributed by atoms with Gasteiger partial charge in [-0.25, -0.2) is 9.50 Å². The highest BCUT2D eigenvalue weighted by atomic mass is 16.5. The Kier molecular flexibility index (Phi) is 4.61. The molecule has 6 heteroatoms. The van der Waals surface area contributed by atoms with Crippen molar-refractivity contribution >= 4 is 5.65 Å². The molecule has 0 fully saturated rings. The molecular formula is C22H21N3O3. The Balaban J connectivity index is 1.88. The van der Waals surface area contributed by atoms with Crippen molar-refractivity contribution in [3.05, 3.63) is 60.4 Å². The Bertz CT molecular complexity index is 1130. The number of fused-ring (bicyclic) bond motifs is 1. The molecule has 0 amide bonds. The number of hydrogen-bond acceptors (Lipinski definition) is 5. The minimum absolute atomic E-state index is 0.669. The SMILES string of the molecule is COc1ccc(-c2cc(C)nc3c(-c4ccc(OC)c(OC)c4)cnn23)cc1. The Morgan fingerprint density at radius 2 is 1.50 bits per heavy atom. The topological polar surface area (TPSA) is 57.9 Å². The van der Waals surface area contributed by atoms with Gasteiger partial charge in [0, 0.05) is 16.8 Å². The summed E-state index contributed by atoms with van der Waals surface area (Å²) in [7, 11) is 4.91. The maximum atomic E-state index is 5.44. The number of ether oxygens (including phenoxy) is 3. The van der Waals surface area contributed by atoms with E-state index in [9.17, 15) is 0 Å². The Labute approximate surface area is 163 Å². The molecule has 28 heavy (non-hydrogen) atoms. The normalized spacial score (nSPS) is 10.9. The summed E-state index contributed by atoms with van der Waals surface area (Å²) in [5, 5.41) is 4.60. The van der Waals surface area contributed by atoms with Crippen LogP contribution in [-0.4, -0.2) is 35.9 Å². The van der Waals surface area contributed by atoms with Crippen molar-refractivity contribution in [2.75, 3.05) is 21.3 Å². The summed E-state index contributed by atoms with van der Waals surface area (Å²) in [5.74, 6) is 2.17. The summed E-state index contributed by atoms with van der Waals surface area (Å²) >= 11 is 0. The third kappa shape index (κ3) is 3.03. The highest BCUT2D eigenvalue weighted by Crippen LogP contribution is 2.34. The molecule has 0 unspecified atom stereocenters. The van der Waals surface area contributed by atoms with Gasteiger partial charge in [-0.2, -0.15) is 5.10 Å². The average molecular weight is 375 g/mol. The van der Waals surface area contributed by atoms with E-state index in [0.29, 0.717) is 11.5 Å². The van der Waals surface area contributed by atoms with Crippen molar-refractivity contribution in [1.82, 2.24) is 14.6 Å². The van der Waals surface area contributed by atoms with Crippen molar-refractivity contribution in [3.63, 3.8) is 0 Å². The van der Waals surface area contributed by atoms with E-state index in [2.05, 4.69) is 5.10 Å². The fourth-order valence-corrected chi connectivity index (χ4v) is 3.26. The second-order valence-electron chi connectivity index (χ2n) is 6.37. The lowest BCUT2D eigenvalue weighted by Crippen LogP contribution is -1.98. The van der Waals surface area contributed by atoms with Crippen LogP contribution in [0.15, 0.2) is 54.7 Å². The van der Waals surface area contributed by atoms with Crippen molar-refractivity contribution in [2.24, 2.45) is 0 Å². The van der Waals surface area contributed by atoms with E-state index < -0.39 is 0 Å². The average Bonchev–Trinajstić information content (AvgIpc) is 3.16. The van der Waals surface area contributed by atoms with E-state index in [4.69, 9.17) is 19.2 Å². The quantitative estimate of drug-likeness (QED) is 0.518. The third-order valence-corrected chi connectivity index (χ3v) is 4.68. The van der Waals surface area contributed by atoms with E-state index in [1.165, 1.54) is 0 Å². The number of nitrogens with zero attached hydrogens (tertiary/aromatic N) is 3. The molecule has 4 aromatic rings. The number of rotatable bonds is 5. The zero-order valence-electron chi connectivity index (χ0n) is 16.3. The minimum atomic E-state index is 0.669. The molecule has 6 nitrogen and oxygen atoms in total. The van der Waals surface area contributed by atoms with Gasteiger partial charge in [-0.05, 0) is 55.0 Å². The highest BCUT2D eigenvalue weighted by molar-refractivity contribution is 5.80. The number of methoxy groups -OCH3 is 3. The highest BCUT2D eigenvalue weighted by Gasteiger charge is 2.15. The fourth-order valence-electron chi connectivity index (χ4n) is 3.26. The van der Waals surface area contributed by atoms with Crippen LogP contribution in [-0.2, 0) is 0 Å². The molecule has 0 saturated heterocycles. The van der Waals surface area contributed by atoms with Crippen LogP contribution < -0.4 is 14.2 Å². The number of aromatic nitrogens is 3. The third-order valence-electron chi connectivity index (χ3n) is 4.68. The van der Waals surface area contributed by atoms with E-state index in [1.54, 1.807) is 21.3 Å². The van der Waals surface area contributed by atoms with Gasteiger partial charge >= 0.3 is 0 Å². The number of benzene rings is 2. The smallest absolute Gasteiger partial charge is 0.163 e. The summed E-state index contributed by atoms with van der Waals surface area (Å²) < 4.78 is 17.9. The summed E-state index contributed by atoms with van der Waals surface area (Å²) in [6, 6.07) is 15.8. The Hall–Kier alpha value is -3.54. The molecule has 0 saturated carbocycles. The zero-order valence-corrected chi connectivity index (χ0v) is 16.3. The maximum absolute atomic E-state index is 5.44. The van der Waals surface area contributed by atoms with Gasteiger partial charge in [-0.15, -0.1) is 0 Å². The molecule has 0 radical (unpaired) electrons. The molecule has 0 atom stereocenters. The zero-order chi connectivity index (χ0) is 19.7. The molecule has 4 rings (SSSR count). The molecule has 2 aromatic heterocycles. The van der Waals surface area contributed by atoms with Crippen LogP contribution in [0.2, 0.25) is 0 Å². The van der Waals surface area contributed by atoms with E-state index in [1.807, 2.05) is 66.2 Å². The second kappa shape index (κ2) is 7.23. The lowest BCUT2D eigenvalue weighted by atomic mass is 10.1. The van der Waals surface area contributed by atoms with Crippen LogP contribution >= 0.6 is 0 Å². The first-order valence-electron chi connectivity index (χ1n) is 8.87. The summed E-state index contributed by atoms with van der Waals surface area (Å²) in [5.41, 5.74) is 5.61. The first-order valence-corrected chi connectivity index (χ1v) is 8.87. The molecule has 0 aliphatic carbocycles. The molecule has 2 heterocycles. The van der Waals surface area contributed by atoms with Crippen LogP contribution in [0.25, 0.3) is 28.0 Å². The van der Waals surface area contributed by atoms with Crippen LogP contribution in [0, 0.1) is 6.92 Å². The van der Waals surface area contributed by atoms with Gasteiger partial charge in [0.2, 0.25) is 0 Å². The van der Waals surface area contributed by atoms with Gasteiger partial charge in [0.05, 0.1) is 33.2 Å². The minimum Gasteiger partial charge on any atom is -0.497 e. The predicted molar refractivity (Wildman–Crippen MR) is 108 cm³/mol. The van der Waals surface area contributed by atoms with E-state index >= 15 is 0 Å². The van der Waals surface area contributed by atoms with Crippen LogP contribution in [0.4, 0.5) is 0 Å². The summed E-state index contributed by atoms with van der Waals surface area (Å²) in [6.45, 7) is 1.98. The lowest BCUT2D eigenvalue weighted by Gasteiger charge is -2.10. The van der Waals surface area contributed by atoms with Crippen molar-refractivity contribution in [2.45, 2.75) is 6.92 Å². The van der Waals surface area contributed by atoms with Crippen molar-refractivity contribution < 1.29 is 14.2 Å². The van der Waals surface area contributed by atoms with Crippen LogP contribution in [0.5, 0.6) is 17.2 Å². The number of aryl methyl sites for hydroxylation is 1. The van der Waals surface area contributed by atoms with E-state index in [0.717, 1.165) is 39.5 Å². The number of hydrogen-bond donors (Lipinski definition) is 0. The summed E-state index contributed by atoms with van der Waals surface area (Å²) in [4.78, 5) is 4.73. The van der Waals surface area contributed by atoms with Gasteiger partial charge in [0.15, 0.2) is 17.1 Å². The molecule has 0 bridgehead atoms. The Morgan fingerprint density at radius 3 is 2.18 bits per heavy atom.